The highest BCUT2D eigenvalue weighted by Crippen LogP contribution is 2.27. The zero-order valence-corrected chi connectivity index (χ0v) is 15.9. The van der Waals surface area contributed by atoms with Crippen LogP contribution in [0.5, 0.6) is 11.5 Å². The molecule has 0 radical (unpaired) electrons. The maximum absolute atomic E-state index is 10.7. The fraction of sp³-hybridized carbons (Fsp3) is 0.611. The third-order valence-electron chi connectivity index (χ3n) is 2.24. The van der Waals surface area contributed by atoms with Crippen molar-refractivity contribution in [2.75, 3.05) is 20.8 Å². The largest absolute Gasteiger partial charge is 0.493 e. The predicted octanol–water partition coefficient (Wildman–Crippen LogP) is 4.46. The first-order valence-corrected chi connectivity index (χ1v) is 8.12. The number of carbonyl (C=O) groups is 1. The Morgan fingerprint density at radius 2 is 1.45 bits per heavy atom. The molecule has 0 aliphatic carbocycles. The van der Waals surface area contributed by atoms with E-state index >= 15 is 0 Å². The van der Waals surface area contributed by atoms with E-state index in [1.54, 1.807) is 14.2 Å². The monoisotopic (exact) mass is 313 g/mol. The lowest BCUT2D eigenvalue weighted by Gasteiger charge is -2.09. The Balaban J connectivity index is -0.000000535. The van der Waals surface area contributed by atoms with Crippen molar-refractivity contribution in [1.29, 1.82) is 0 Å². The van der Waals surface area contributed by atoms with Crippen molar-refractivity contribution in [3.63, 3.8) is 0 Å². The smallest absolute Gasteiger partial charge is 0.216 e. The van der Waals surface area contributed by atoms with Gasteiger partial charge in [0, 0.05) is 13.5 Å². The SMILES string of the molecule is CC.CC.CC.COc1ccc(CCNC(C)=O)cc1OC. The highest BCUT2D eigenvalue weighted by Gasteiger charge is 2.04. The van der Waals surface area contributed by atoms with Crippen molar-refractivity contribution in [2.24, 2.45) is 0 Å². The predicted molar refractivity (Wildman–Crippen MR) is 96.0 cm³/mol. The number of rotatable bonds is 5. The summed E-state index contributed by atoms with van der Waals surface area (Å²) in [6.45, 7) is 14.1. The first-order chi connectivity index (χ1) is 10.7. The summed E-state index contributed by atoms with van der Waals surface area (Å²) in [5, 5.41) is 2.75. The van der Waals surface area contributed by atoms with Crippen molar-refractivity contribution in [2.45, 2.75) is 54.9 Å². The highest BCUT2D eigenvalue weighted by atomic mass is 16.5. The van der Waals surface area contributed by atoms with E-state index in [2.05, 4.69) is 5.32 Å². The van der Waals surface area contributed by atoms with Gasteiger partial charge in [-0.15, -0.1) is 0 Å². The minimum Gasteiger partial charge on any atom is -0.493 e. The van der Waals surface area contributed by atoms with E-state index in [1.165, 1.54) is 6.92 Å². The van der Waals surface area contributed by atoms with Crippen molar-refractivity contribution in [3.05, 3.63) is 23.8 Å². The molecule has 0 fully saturated rings. The standard InChI is InChI=1S/C12H17NO3.3C2H6/c1-9(14)13-7-6-10-4-5-11(15-2)12(8-10)16-3;3*1-2/h4-5,8H,6-7H2,1-3H3,(H,13,14);3*1-2H3. The van der Waals surface area contributed by atoms with Gasteiger partial charge in [0.2, 0.25) is 5.91 Å². The Kier molecular flexibility index (Phi) is 22.1. The Bertz CT molecular complexity index is 365. The normalized spacial score (nSPS) is 7.86. The average molecular weight is 313 g/mol. The Morgan fingerprint density at radius 3 is 1.86 bits per heavy atom. The van der Waals surface area contributed by atoms with Gasteiger partial charge in [-0.3, -0.25) is 4.79 Å². The second-order valence-electron chi connectivity index (χ2n) is 3.42. The maximum Gasteiger partial charge on any atom is 0.216 e. The van der Waals surface area contributed by atoms with Gasteiger partial charge < -0.3 is 14.8 Å². The van der Waals surface area contributed by atoms with Crippen molar-refractivity contribution in [3.8, 4) is 11.5 Å². The number of hydrogen-bond acceptors (Lipinski definition) is 3. The molecule has 0 aromatic heterocycles. The lowest BCUT2D eigenvalue weighted by molar-refractivity contribution is -0.118. The van der Waals surface area contributed by atoms with Crippen molar-refractivity contribution >= 4 is 5.91 Å². The van der Waals surface area contributed by atoms with Gasteiger partial charge in [0.05, 0.1) is 14.2 Å². The Morgan fingerprint density at radius 1 is 0.955 bits per heavy atom. The van der Waals surface area contributed by atoms with Crippen LogP contribution in [0.25, 0.3) is 0 Å². The molecule has 1 aromatic rings. The van der Waals surface area contributed by atoms with E-state index in [9.17, 15) is 4.79 Å². The Hall–Kier alpha value is -1.71. The molecule has 1 aromatic carbocycles. The van der Waals surface area contributed by atoms with Gasteiger partial charge >= 0.3 is 0 Å². The lowest BCUT2D eigenvalue weighted by Crippen LogP contribution is -2.22. The van der Waals surface area contributed by atoms with Crippen molar-refractivity contribution < 1.29 is 14.3 Å². The number of benzene rings is 1. The molecule has 0 aliphatic heterocycles. The summed E-state index contributed by atoms with van der Waals surface area (Å²) in [4.78, 5) is 10.7. The molecular formula is C18H35NO3. The maximum atomic E-state index is 10.7. The number of methoxy groups -OCH3 is 2. The summed E-state index contributed by atoms with van der Waals surface area (Å²) in [5.41, 5.74) is 1.10. The molecule has 0 aliphatic rings. The zero-order valence-electron chi connectivity index (χ0n) is 15.9. The molecule has 4 nitrogen and oxygen atoms in total. The molecule has 1 rings (SSSR count). The minimum absolute atomic E-state index is 0.0134. The molecule has 0 saturated carbocycles. The zero-order chi connectivity index (χ0) is 18.0. The number of amides is 1. The van der Waals surface area contributed by atoms with Crippen LogP contribution in [0.15, 0.2) is 18.2 Å². The van der Waals surface area contributed by atoms with Crippen LogP contribution in [-0.2, 0) is 11.2 Å². The summed E-state index contributed by atoms with van der Waals surface area (Å²) in [7, 11) is 3.21. The summed E-state index contributed by atoms with van der Waals surface area (Å²) in [6, 6.07) is 5.74. The van der Waals surface area contributed by atoms with Gasteiger partial charge in [0.25, 0.3) is 0 Å². The fourth-order valence-corrected chi connectivity index (χ4v) is 1.42. The molecule has 22 heavy (non-hydrogen) atoms. The minimum atomic E-state index is -0.0134. The highest BCUT2D eigenvalue weighted by molar-refractivity contribution is 5.72. The van der Waals surface area contributed by atoms with Crippen LogP contribution >= 0.6 is 0 Å². The van der Waals surface area contributed by atoms with Gasteiger partial charge in [-0.25, -0.2) is 0 Å². The molecule has 0 bridgehead atoms. The number of hydrogen-bond donors (Lipinski definition) is 1. The topological polar surface area (TPSA) is 47.6 Å². The second-order valence-corrected chi connectivity index (χ2v) is 3.42. The van der Waals surface area contributed by atoms with E-state index in [-0.39, 0.29) is 5.91 Å². The molecule has 130 valence electrons. The molecule has 4 heteroatoms. The molecule has 0 spiro atoms. The molecule has 0 saturated heterocycles. The van der Waals surface area contributed by atoms with E-state index in [1.807, 2.05) is 59.7 Å². The van der Waals surface area contributed by atoms with Crippen LogP contribution in [-0.4, -0.2) is 26.7 Å². The van der Waals surface area contributed by atoms with Gasteiger partial charge in [0.15, 0.2) is 11.5 Å². The quantitative estimate of drug-likeness (QED) is 0.873. The van der Waals surface area contributed by atoms with E-state index in [0.717, 1.165) is 12.0 Å². The molecule has 0 atom stereocenters. The first-order valence-electron chi connectivity index (χ1n) is 8.12. The van der Waals surface area contributed by atoms with Crippen molar-refractivity contribution in [1.82, 2.24) is 5.32 Å². The van der Waals surface area contributed by atoms with Crippen LogP contribution in [0.1, 0.15) is 54.0 Å². The first kappa shape index (κ1) is 25.3. The molecule has 1 amide bonds. The van der Waals surface area contributed by atoms with Crippen LogP contribution in [0.2, 0.25) is 0 Å². The average Bonchev–Trinajstić information content (AvgIpc) is 2.59. The van der Waals surface area contributed by atoms with Crippen LogP contribution in [0.3, 0.4) is 0 Å². The summed E-state index contributed by atoms with van der Waals surface area (Å²) >= 11 is 0. The number of nitrogens with one attached hydrogen (secondary N) is 1. The lowest BCUT2D eigenvalue weighted by atomic mass is 10.1. The molecule has 0 unspecified atom stereocenters. The third kappa shape index (κ3) is 12.1. The van der Waals surface area contributed by atoms with Gasteiger partial charge in [-0.1, -0.05) is 47.6 Å². The summed E-state index contributed by atoms with van der Waals surface area (Å²) < 4.78 is 10.3. The van der Waals surface area contributed by atoms with Gasteiger partial charge in [-0.2, -0.15) is 0 Å². The van der Waals surface area contributed by atoms with Crippen LogP contribution in [0.4, 0.5) is 0 Å². The number of ether oxygens (including phenoxy) is 2. The van der Waals surface area contributed by atoms with E-state index in [0.29, 0.717) is 18.0 Å². The molecular weight excluding hydrogens is 278 g/mol. The summed E-state index contributed by atoms with van der Waals surface area (Å²) in [6.07, 6.45) is 0.778. The Labute approximate surface area is 137 Å². The van der Waals surface area contributed by atoms with Gasteiger partial charge in [0.1, 0.15) is 0 Å². The molecule has 1 N–H and O–H groups in total. The van der Waals surface area contributed by atoms with Crippen LogP contribution in [0, 0.1) is 0 Å². The van der Waals surface area contributed by atoms with Gasteiger partial charge in [-0.05, 0) is 24.1 Å². The second kappa shape index (κ2) is 19.3. The molecule has 0 heterocycles. The number of carbonyl (C=O) groups excluding carboxylic acids is 1. The van der Waals surface area contributed by atoms with E-state index < -0.39 is 0 Å². The van der Waals surface area contributed by atoms with E-state index in [4.69, 9.17) is 9.47 Å². The summed E-state index contributed by atoms with van der Waals surface area (Å²) in [5.74, 6) is 1.41. The third-order valence-corrected chi connectivity index (χ3v) is 2.24. The van der Waals surface area contributed by atoms with Crippen LogP contribution < -0.4 is 14.8 Å². The fourth-order valence-electron chi connectivity index (χ4n) is 1.42.